The number of hydrogen-bond acceptors (Lipinski definition) is 4. The van der Waals surface area contributed by atoms with E-state index in [1.54, 1.807) is 0 Å². The number of amidine groups is 1. The van der Waals surface area contributed by atoms with Gasteiger partial charge in [0.15, 0.2) is 0 Å². The molecule has 30 heavy (non-hydrogen) atoms. The molecular weight excluding hydrogens is 442 g/mol. The van der Waals surface area contributed by atoms with Gasteiger partial charge in [-0.25, -0.2) is 0 Å². The van der Waals surface area contributed by atoms with Crippen LogP contribution in [0.5, 0.6) is 0 Å². The molecule has 1 fully saturated rings. The fourth-order valence-corrected chi connectivity index (χ4v) is 4.26. The summed E-state index contributed by atoms with van der Waals surface area (Å²) in [7, 11) is 0. The number of fused-ring (bicyclic) bond motifs is 1. The highest BCUT2D eigenvalue weighted by molar-refractivity contribution is 9.10. The molecule has 2 aliphatic heterocycles. The number of piperazine rings is 1. The number of nitrogens with zero attached hydrogens (tertiary/aromatic N) is 3. The van der Waals surface area contributed by atoms with Crippen LogP contribution in [0.15, 0.2) is 75.5 Å². The Morgan fingerprint density at radius 3 is 2.53 bits per heavy atom. The van der Waals surface area contributed by atoms with Crippen LogP contribution in [0, 0.1) is 0 Å². The normalized spacial score (nSPS) is 16.7. The quantitative estimate of drug-likeness (QED) is 0.632. The molecule has 0 aromatic heterocycles. The van der Waals surface area contributed by atoms with Crippen molar-refractivity contribution < 1.29 is 9.53 Å². The molecule has 0 saturated carbocycles. The Kier molecular flexibility index (Phi) is 6.23. The summed E-state index contributed by atoms with van der Waals surface area (Å²) >= 11 is 3.63. The summed E-state index contributed by atoms with van der Waals surface area (Å²) < 4.78 is 7.19. The van der Waals surface area contributed by atoms with E-state index in [2.05, 4.69) is 40.7 Å². The summed E-state index contributed by atoms with van der Waals surface area (Å²) in [4.78, 5) is 22.2. The van der Waals surface area contributed by atoms with Crippen LogP contribution in [0.3, 0.4) is 0 Å². The summed E-state index contributed by atoms with van der Waals surface area (Å²) in [5.74, 6) is 1.60. The highest BCUT2D eigenvalue weighted by Crippen LogP contribution is 2.28. The van der Waals surface area contributed by atoms with E-state index in [1.807, 2.05) is 53.4 Å². The topological polar surface area (TPSA) is 45.1 Å². The summed E-state index contributed by atoms with van der Waals surface area (Å²) in [5, 5.41) is 0. The van der Waals surface area contributed by atoms with E-state index in [4.69, 9.17) is 9.73 Å². The summed E-state index contributed by atoms with van der Waals surface area (Å²) in [5.41, 5.74) is 2.87. The van der Waals surface area contributed by atoms with E-state index >= 15 is 0 Å². The van der Waals surface area contributed by atoms with Gasteiger partial charge in [-0.05, 0) is 31.0 Å². The van der Waals surface area contributed by atoms with E-state index in [9.17, 15) is 4.79 Å². The Labute approximate surface area is 186 Å². The Bertz CT molecular complexity index is 985. The van der Waals surface area contributed by atoms with Crippen LogP contribution < -0.4 is 0 Å². The summed E-state index contributed by atoms with van der Waals surface area (Å²) in [6, 6.07) is 18.3. The lowest BCUT2D eigenvalue weighted by molar-refractivity contribution is -0.132. The summed E-state index contributed by atoms with van der Waals surface area (Å²) in [6.07, 6.45) is 0.672. The highest BCUT2D eigenvalue weighted by Gasteiger charge is 2.38. The second-order valence-corrected chi connectivity index (χ2v) is 8.64. The lowest BCUT2D eigenvalue weighted by atomic mass is 10.1. The number of rotatable bonds is 6. The van der Waals surface area contributed by atoms with Gasteiger partial charge < -0.3 is 14.5 Å². The fourth-order valence-electron chi connectivity index (χ4n) is 3.84. The molecule has 0 N–H and O–H groups in total. The number of carbonyl (C=O) groups excluding carboxylic acids is 1. The maximum Gasteiger partial charge on any atom is 0.274 e. The number of benzene rings is 2. The molecule has 0 atom stereocenters. The molecule has 2 aromatic carbocycles. The highest BCUT2D eigenvalue weighted by atomic mass is 79.9. The molecule has 0 spiro atoms. The van der Waals surface area contributed by atoms with Gasteiger partial charge >= 0.3 is 0 Å². The van der Waals surface area contributed by atoms with Gasteiger partial charge in [0.2, 0.25) is 0 Å². The smallest absolute Gasteiger partial charge is 0.274 e. The lowest BCUT2D eigenvalue weighted by Crippen LogP contribution is -2.54. The molecule has 4 rings (SSSR count). The number of carbonyl (C=O) groups is 1. The molecule has 156 valence electrons. The molecule has 2 heterocycles. The van der Waals surface area contributed by atoms with Crippen LogP contribution in [0.2, 0.25) is 0 Å². The zero-order valence-electron chi connectivity index (χ0n) is 17.3. The first kappa shape index (κ1) is 20.7. The van der Waals surface area contributed by atoms with Crippen LogP contribution in [-0.4, -0.2) is 47.2 Å². The molecule has 6 heteroatoms. The minimum absolute atomic E-state index is 0.0267. The molecule has 1 saturated heterocycles. The maximum absolute atomic E-state index is 13.4. The maximum atomic E-state index is 13.4. The van der Waals surface area contributed by atoms with Crippen LogP contribution in [0.25, 0.3) is 0 Å². The van der Waals surface area contributed by atoms with E-state index in [0.717, 1.165) is 28.0 Å². The molecule has 0 aliphatic carbocycles. The number of amides is 1. The second-order valence-electron chi connectivity index (χ2n) is 7.79. The van der Waals surface area contributed by atoms with Crippen molar-refractivity contribution in [3.63, 3.8) is 0 Å². The number of hydrogen-bond donors (Lipinski definition) is 0. The van der Waals surface area contributed by atoms with Crippen molar-refractivity contribution in [3.8, 4) is 0 Å². The van der Waals surface area contributed by atoms with Gasteiger partial charge in [0.1, 0.15) is 30.4 Å². The predicted molar refractivity (Wildman–Crippen MR) is 122 cm³/mol. The molecule has 5 nitrogen and oxygen atoms in total. The third-order valence-corrected chi connectivity index (χ3v) is 6.24. The van der Waals surface area contributed by atoms with Crippen LogP contribution in [0.1, 0.15) is 25.0 Å². The van der Waals surface area contributed by atoms with Crippen LogP contribution in [-0.2, 0) is 22.6 Å². The van der Waals surface area contributed by atoms with Gasteiger partial charge in [0, 0.05) is 30.0 Å². The van der Waals surface area contributed by atoms with Gasteiger partial charge in [-0.1, -0.05) is 64.5 Å². The van der Waals surface area contributed by atoms with E-state index in [-0.39, 0.29) is 11.9 Å². The Hall–Kier alpha value is -2.60. The average Bonchev–Trinajstić information content (AvgIpc) is 2.75. The van der Waals surface area contributed by atoms with Crippen molar-refractivity contribution in [2.45, 2.75) is 32.9 Å². The standard InChI is InChI=1S/C24H26BrN3O2/c1-17(2)27-12-13-28-22(14-19-10-6-7-11-20(19)25)26-15-21(23(28)24(27)29)30-16-18-8-4-3-5-9-18/h3-11,17H,12-16H2,1-2H3. The van der Waals surface area contributed by atoms with Crippen molar-refractivity contribution in [1.82, 2.24) is 9.80 Å². The average molecular weight is 468 g/mol. The first-order valence-electron chi connectivity index (χ1n) is 10.3. The second kappa shape index (κ2) is 9.04. The van der Waals surface area contributed by atoms with Crippen molar-refractivity contribution in [3.05, 3.63) is 81.7 Å². The van der Waals surface area contributed by atoms with Crippen LogP contribution in [0.4, 0.5) is 0 Å². The van der Waals surface area contributed by atoms with Crippen LogP contribution >= 0.6 is 15.9 Å². The van der Waals surface area contributed by atoms with E-state index in [0.29, 0.717) is 37.6 Å². The van der Waals surface area contributed by atoms with Crippen molar-refractivity contribution in [2.24, 2.45) is 4.99 Å². The SMILES string of the molecule is CC(C)N1CCN2C(Cc3ccccc3Br)=NCC(OCc3ccccc3)=C2C1=O. The first-order chi connectivity index (χ1) is 14.5. The molecule has 0 unspecified atom stereocenters. The summed E-state index contributed by atoms with van der Waals surface area (Å²) in [6.45, 7) is 6.32. The lowest BCUT2D eigenvalue weighted by Gasteiger charge is -2.42. The molecule has 0 radical (unpaired) electrons. The predicted octanol–water partition coefficient (Wildman–Crippen LogP) is 4.38. The fraction of sp³-hybridized carbons (Fsp3) is 0.333. The van der Waals surface area contributed by atoms with Crippen molar-refractivity contribution in [2.75, 3.05) is 19.6 Å². The number of aliphatic imine (C=N–C) groups is 1. The zero-order chi connectivity index (χ0) is 21.1. The molecule has 1 amide bonds. The number of halogens is 1. The Balaban J connectivity index is 1.61. The van der Waals surface area contributed by atoms with Crippen molar-refractivity contribution >= 4 is 27.7 Å². The first-order valence-corrected chi connectivity index (χ1v) is 11.1. The third-order valence-electron chi connectivity index (χ3n) is 5.46. The minimum Gasteiger partial charge on any atom is -0.489 e. The van der Waals surface area contributed by atoms with Gasteiger partial charge in [-0.2, -0.15) is 0 Å². The van der Waals surface area contributed by atoms with Gasteiger partial charge in [-0.15, -0.1) is 0 Å². The molecule has 0 bridgehead atoms. The molecule has 2 aromatic rings. The Morgan fingerprint density at radius 2 is 1.80 bits per heavy atom. The number of ether oxygens (including phenoxy) is 1. The van der Waals surface area contributed by atoms with Gasteiger partial charge in [-0.3, -0.25) is 9.79 Å². The molecular formula is C24H26BrN3O2. The van der Waals surface area contributed by atoms with Crippen molar-refractivity contribution in [1.29, 1.82) is 0 Å². The zero-order valence-corrected chi connectivity index (χ0v) is 18.9. The third kappa shape index (κ3) is 4.29. The monoisotopic (exact) mass is 467 g/mol. The van der Waals surface area contributed by atoms with Gasteiger partial charge in [0.25, 0.3) is 5.91 Å². The minimum atomic E-state index is 0.0267. The molecule has 2 aliphatic rings. The van der Waals surface area contributed by atoms with Gasteiger partial charge in [0.05, 0.1) is 0 Å². The Morgan fingerprint density at radius 1 is 1.07 bits per heavy atom. The largest absolute Gasteiger partial charge is 0.489 e. The van der Waals surface area contributed by atoms with E-state index < -0.39 is 0 Å². The van der Waals surface area contributed by atoms with E-state index in [1.165, 1.54) is 0 Å².